The Morgan fingerprint density at radius 1 is 0.914 bits per heavy atom. The number of carboxylic acids is 1. The number of piperidine rings is 1. The Balaban J connectivity index is 0.000000429. The number of nitrogens with one attached hydrogen (secondary N) is 1. The number of alkyl halides is 3. The zero-order valence-electron chi connectivity index (χ0n) is 18.5. The van der Waals surface area contributed by atoms with Gasteiger partial charge in [-0.25, -0.2) is 9.59 Å². The molecule has 0 aromatic heterocycles. The van der Waals surface area contributed by atoms with Crippen molar-refractivity contribution in [2.24, 2.45) is 0 Å². The summed E-state index contributed by atoms with van der Waals surface area (Å²) in [5, 5.41) is 11.2. The smallest absolute Gasteiger partial charge is 0.475 e. The van der Waals surface area contributed by atoms with Crippen LogP contribution in [0.3, 0.4) is 0 Å². The number of ether oxygens (including phenoxy) is 1. The highest BCUT2D eigenvalue weighted by molar-refractivity contribution is 6.30. The van der Waals surface area contributed by atoms with Gasteiger partial charge in [-0.05, 0) is 53.9 Å². The molecule has 1 heterocycles. The van der Waals surface area contributed by atoms with Crippen molar-refractivity contribution < 1.29 is 32.6 Å². The van der Waals surface area contributed by atoms with E-state index in [1.165, 1.54) is 0 Å². The standard InChI is InChI=1S/C24H22ClNO2.C2HF3O2/c25-21-12-10-19(11-13-21)22-14-15-26-16-23(22)28-24(27)20-8-6-18(7-9-20)17-4-2-1-3-5-17;3-2(4,5)1(6)7/h1-13,22-23,26H,14-16H2;(H,6,7)/t22-,23+;/m1./s1. The second-order valence-electron chi connectivity index (χ2n) is 7.84. The van der Waals surface area contributed by atoms with Gasteiger partial charge in [0.15, 0.2) is 0 Å². The van der Waals surface area contributed by atoms with Gasteiger partial charge in [0, 0.05) is 17.5 Å². The molecule has 1 saturated heterocycles. The van der Waals surface area contributed by atoms with Crippen molar-refractivity contribution in [3.8, 4) is 11.1 Å². The van der Waals surface area contributed by atoms with Crippen molar-refractivity contribution in [2.45, 2.75) is 24.6 Å². The first kappa shape index (κ1) is 26.2. The van der Waals surface area contributed by atoms with E-state index in [9.17, 15) is 18.0 Å². The van der Waals surface area contributed by atoms with E-state index in [-0.39, 0.29) is 18.0 Å². The first-order valence-electron chi connectivity index (χ1n) is 10.8. The second kappa shape index (κ2) is 11.9. The van der Waals surface area contributed by atoms with Gasteiger partial charge in [-0.3, -0.25) is 0 Å². The quantitative estimate of drug-likeness (QED) is 0.429. The van der Waals surface area contributed by atoms with Crippen molar-refractivity contribution in [1.82, 2.24) is 5.32 Å². The number of halogens is 4. The lowest BCUT2D eigenvalue weighted by Gasteiger charge is -2.32. The Morgan fingerprint density at radius 2 is 1.49 bits per heavy atom. The normalized spacial score (nSPS) is 17.6. The fourth-order valence-corrected chi connectivity index (χ4v) is 3.81. The number of rotatable bonds is 4. The summed E-state index contributed by atoms with van der Waals surface area (Å²) >= 11 is 6.01. The fourth-order valence-electron chi connectivity index (χ4n) is 3.68. The Kier molecular flexibility index (Phi) is 8.89. The van der Waals surface area contributed by atoms with Crippen LogP contribution in [0.4, 0.5) is 13.2 Å². The van der Waals surface area contributed by atoms with Crippen molar-refractivity contribution in [3.63, 3.8) is 0 Å². The summed E-state index contributed by atoms with van der Waals surface area (Å²) in [7, 11) is 0. The monoisotopic (exact) mass is 505 g/mol. The molecule has 2 atom stereocenters. The molecule has 0 bridgehead atoms. The van der Waals surface area contributed by atoms with Gasteiger partial charge in [-0.2, -0.15) is 13.2 Å². The number of aliphatic carboxylic acids is 1. The summed E-state index contributed by atoms with van der Waals surface area (Å²) in [6, 6.07) is 25.5. The molecular formula is C26H23ClF3NO4. The molecule has 1 fully saturated rings. The van der Waals surface area contributed by atoms with E-state index in [4.69, 9.17) is 26.2 Å². The molecule has 35 heavy (non-hydrogen) atoms. The van der Waals surface area contributed by atoms with Crippen LogP contribution in [0, 0.1) is 0 Å². The molecule has 9 heteroatoms. The molecule has 3 aromatic carbocycles. The molecule has 3 aromatic rings. The minimum absolute atomic E-state index is 0.172. The first-order valence-corrected chi connectivity index (χ1v) is 11.2. The zero-order chi connectivity index (χ0) is 25.4. The number of esters is 1. The molecule has 0 spiro atoms. The summed E-state index contributed by atoms with van der Waals surface area (Å²) in [5.74, 6) is -2.87. The summed E-state index contributed by atoms with van der Waals surface area (Å²) in [6.45, 7) is 1.56. The fraction of sp³-hybridized carbons (Fsp3) is 0.231. The number of benzene rings is 3. The Labute approximate surface area is 205 Å². The maximum absolute atomic E-state index is 12.7. The Hall–Kier alpha value is -3.36. The lowest BCUT2D eigenvalue weighted by atomic mass is 9.88. The lowest BCUT2D eigenvalue weighted by Crippen LogP contribution is -2.42. The number of hydrogen-bond donors (Lipinski definition) is 2. The molecule has 4 rings (SSSR count). The SMILES string of the molecule is O=C(O)C(F)(F)F.O=C(O[C@H]1CNCC[C@@H]1c1ccc(Cl)cc1)c1ccc(-c2ccccc2)cc1. The van der Waals surface area contributed by atoms with E-state index < -0.39 is 12.1 Å². The third kappa shape index (κ3) is 7.56. The summed E-state index contributed by atoms with van der Waals surface area (Å²) < 4.78 is 37.6. The third-order valence-electron chi connectivity index (χ3n) is 5.45. The van der Waals surface area contributed by atoms with Gasteiger partial charge >= 0.3 is 18.1 Å². The van der Waals surface area contributed by atoms with Gasteiger partial charge in [0.2, 0.25) is 0 Å². The van der Waals surface area contributed by atoms with Gasteiger partial charge in [0.1, 0.15) is 6.10 Å². The highest BCUT2D eigenvalue weighted by Gasteiger charge is 2.38. The van der Waals surface area contributed by atoms with Crippen LogP contribution in [0.15, 0.2) is 78.9 Å². The van der Waals surface area contributed by atoms with Crippen LogP contribution in [0.1, 0.15) is 28.3 Å². The van der Waals surface area contributed by atoms with Crippen molar-refractivity contribution in [1.29, 1.82) is 0 Å². The van der Waals surface area contributed by atoms with Crippen LogP contribution >= 0.6 is 11.6 Å². The molecule has 0 unspecified atom stereocenters. The zero-order valence-corrected chi connectivity index (χ0v) is 19.2. The van der Waals surface area contributed by atoms with Crippen LogP contribution in [0.5, 0.6) is 0 Å². The Bertz CT molecular complexity index is 1120. The van der Waals surface area contributed by atoms with Crippen molar-refractivity contribution in [2.75, 3.05) is 13.1 Å². The topological polar surface area (TPSA) is 75.6 Å². The largest absolute Gasteiger partial charge is 0.490 e. The first-order chi connectivity index (χ1) is 16.6. The van der Waals surface area contributed by atoms with E-state index in [1.807, 2.05) is 66.7 Å². The summed E-state index contributed by atoms with van der Waals surface area (Å²) in [4.78, 5) is 21.6. The van der Waals surface area contributed by atoms with Crippen molar-refractivity contribution in [3.05, 3.63) is 95.0 Å². The molecule has 0 aliphatic carbocycles. The molecule has 184 valence electrons. The number of carbonyl (C=O) groups is 2. The minimum Gasteiger partial charge on any atom is -0.475 e. The van der Waals surface area contributed by atoms with E-state index in [1.54, 1.807) is 0 Å². The molecule has 0 saturated carbocycles. The third-order valence-corrected chi connectivity index (χ3v) is 5.71. The van der Waals surface area contributed by atoms with Gasteiger partial charge in [-0.15, -0.1) is 0 Å². The molecule has 5 nitrogen and oxygen atoms in total. The highest BCUT2D eigenvalue weighted by Crippen LogP contribution is 2.29. The van der Waals surface area contributed by atoms with E-state index >= 15 is 0 Å². The van der Waals surface area contributed by atoms with Crippen LogP contribution in [-0.4, -0.2) is 42.4 Å². The predicted molar refractivity (Wildman–Crippen MR) is 126 cm³/mol. The highest BCUT2D eigenvalue weighted by atomic mass is 35.5. The molecule has 1 aliphatic heterocycles. The van der Waals surface area contributed by atoms with E-state index in [2.05, 4.69) is 17.4 Å². The maximum Gasteiger partial charge on any atom is 0.490 e. The Morgan fingerprint density at radius 3 is 2.06 bits per heavy atom. The number of carboxylic acid groups (broad SMARTS) is 1. The summed E-state index contributed by atoms with van der Waals surface area (Å²) in [6.07, 6.45) is -4.36. The van der Waals surface area contributed by atoms with Crippen LogP contribution in [0.2, 0.25) is 5.02 Å². The minimum atomic E-state index is -5.08. The van der Waals surface area contributed by atoms with Crippen LogP contribution in [0.25, 0.3) is 11.1 Å². The van der Waals surface area contributed by atoms with Gasteiger partial charge in [-0.1, -0.05) is 66.2 Å². The van der Waals surface area contributed by atoms with E-state index in [0.717, 1.165) is 29.7 Å². The molecule has 1 aliphatic rings. The average Bonchev–Trinajstić information content (AvgIpc) is 2.85. The molecular weight excluding hydrogens is 483 g/mol. The average molecular weight is 506 g/mol. The number of carbonyl (C=O) groups excluding carboxylic acids is 1. The van der Waals surface area contributed by atoms with Crippen LogP contribution in [-0.2, 0) is 9.53 Å². The van der Waals surface area contributed by atoms with Crippen molar-refractivity contribution >= 4 is 23.5 Å². The number of hydrogen-bond acceptors (Lipinski definition) is 4. The molecule has 0 radical (unpaired) electrons. The molecule has 2 N–H and O–H groups in total. The maximum atomic E-state index is 12.7. The summed E-state index contributed by atoms with van der Waals surface area (Å²) in [5.41, 5.74) is 3.93. The molecule has 0 amide bonds. The second-order valence-corrected chi connectivity index (χ2v) is 8.28. The predicted octanol–water partition coefficient (Wildman–Crippen LogP) is 5.94. The van der Waals surface area contributed by atoms with E-state index in [0.29, 0.717) is 17.1 Å². The van der Waals surface area contributed by atoms with Gasteiger partial charge in [0.05, 0.1) is 5.56 Å². The van der Waals surface area contributed by atoms with Gasteiger partial charge < -0.3 is 15.2 Å². The van der Waals surface area contributed by atoms with Gasteiger partial charge in [0.25, 0.3) is 0 Å². The lowest BCUT2D eigenvalue weighted by molar-refractivity contribution is -0.192. The van der Waals surface area contributed by atoms with Crippen LogP contribution < -0.4 is 5.32 Å².